The van der Waals surface area contributed by atoms with Gasteiger partial charge in [-0.05, 0) is 12.1 Å². The van der Waals surface area contributed by atoms with Gasteiger partial charge in [-0.25, -0.2) is 9.07 Å². The summed E-state index contributed by atoms with van der Waals surface area (Å²) in [5, 5.41) is 5.82. The fourth-order valence-corrected chi connectivity index (χ4v) is 4.11. The SMILES string of the molecule is O=C(Cn1ncc2c3ccccc3n(Cc3ccccc3F)c2c1=O)N1CCOCC1. The second-order valence-corrected chi connectivity index (χ2v) is 7.56. The van der Waals surface area contributed by atoms with Crippen LogP contribution in [0.15, 0.2) is 59.5 Å². The number of fused-ring (bicyclic) bond motifs is 3. The zero-order valence-electron chi connectivity index (χ0n) is 16.8. The number of hydrogen-bond donors (Lipinski definition) is 0. The van der Waals surface area contributed by atoms with E-state index in [9.17, 15) is 14.0 Å². The third kappa shape index (κ3) is 3.48. The largest absolute Gasteiger partial charge is 0.378 e. The second-order valence-electron chi connectivity index (χ2n) is 7.56. The lowest BCUT2D eigenvalue weighted by Crippen LogP contribution is -2.43. The van der Waals surface area contributed by atoms with Crippen molar-refractivity contribution in [1.29, 1.82) is 0 Å². The number of morpholine rings is 1. The summed E-state index contributed by atoms with van der Waals surface area (Å²) < 4.78 is 22.7. The predicted octanol–water partition coefficient (Wildman–Crippen LogP) is 2.40. The maximum Gasteiger partial charge on any atom is 0.291 e. The summed E-state index contributed by atoms with van der Waals surface area (Å²) >= 11 is 0. The van der Waals surface area contributed by atoms with Crippen LogP contribution in [0.2, 0.25) is 0 Å². The summed E-state index contributed by atoms with van der Waals surface area (Å²) in [6, 6.07) is 14.1. The average molecular weight is 420 g/mol. The van der Waals surface area contributed by atoms with Gasteiger partial charge in [-0.3, -0.25) is 9.59 Å². The van der Waals surface area contributed by atoms with Crippen molar-refractivity contribution in [2.24, 2.45) is 0 Å². The molecule has 2 aromatic heterocycles. The van der Waals surface area contributed by atoms with Crippen LogP contribution in [0.5, 0.6) is 0 Å². The van der Waals surface area contributed by atoms with Gasteiger partial charge < -0.3 is 14.2 Å². The van der Waals surface area contributed by atoms with Gasteiger partial charge in [0.25, 0.3) is 5.56 Å². The molecule has 0 spiro atoms. The Morgan fingerprint density at radius 2 is 1.77 bits per heavy atom. The molecule has 31 heavy (non-hydrogen) atoms. The number of aromatic nitrogens is 3. The van der Waals surface area contributed by atoms with Crippen LogP contribution in [0, 0.1) is 5.82 Å². The minimum Gasteiger partial charge on any atom is -0.378 e. The van der Waals surface area contributed by atoms with Gasteiger partial charge in [0, 0.05) is 34.9 Å². The van der Waals surface area contributed by atoms with E-state index in [1.54, 1.807) is 29.3 Å². The minimum atomic E-state index is -0.369. The topological polar surface area (TPSA) is 69.4 Å². The number of hydrogen-bond acceptors (Lipinski definition) is 4. The average Bonchev–Trinajstić information content (AvgIpc) is 3.12. The molecular formula is C23H21FN4O3. The van der Waals surface area contributed by atoms with E-state index in [1.165, 1.54) is 10.7 Å². The van der Waals surface area contributed by atoms with E-state index in [2.05, 4.69) is 5.10 Å². The Hall–Kier alpha value is -3.52. The molecule has 0 atom stereocenters. The molecule has 3 heterocycles. The lowest BCUT2D eigenvalue weighted by atomic mass is 10.2. The quantitative estimate of drug-likeness (QED) is 0.508. The fourth-order valence-electron chi connectivity index (χ4n) is 4.11. The van der Waals surface area contributed by atoms with Crippen LogP contribution in [-0.2, 0) is 22.6 Å². The van der Waals surface area contributed by atoms with Crippen LogP contribution in [0.4, 0.5) is 4.39 Å². The summed E-state index contributed by atoms with van der Waals surface area (Å²) in [7, 11) is 0. The molecule has 1 aliphatic rings. The van der Waals surface area contributed by atoms with Crippen molar-refractivity contribution in [3.63, 3.8) is 0 Å². The Morgan fingerprint density at radius 3 is 2.58 bits per heavy atom. The number of rotatable bonds is 4. The third-order valence-electron chi connectivity index (χ3n) is 5.71. The van der Waals surface area contributed by atoms with Gasteiger partial charge in [0.1, 0.15) is 17.9 Å². The lowest BCUT2D eigenvalue weighted by molar-refractivity contribution is -0.136. The molecule has 8 heteroatoms. The zero-order chi connectivity index (χ0) is 21.4. The van der Waals surface area contributed by atoms with Crippen molar-refractivity contribution >= 4 is 27.7 Å². The van der Waals surface area contributed by atoms with Crippen molar-refractivity contribution < 1.29 is 13.9 Å². The maximum atomic E-state index is 14.4. The van der Waals surface area contributed by atoms with Gasteiger partial charge >= 0.3 is 0 Å². The molecule has 2 aromatic carbocycles. The number of benzene rings is 2. The first kappa shape index (κ1) is 19.4. The first-order chi connectivity index (χ1) is 15.1. The Bertz CT molecular complexity index is 1340. The normalized spacial score (nSPS) is 14.4. The number of para-hydroxylation sites is 1. The zero-order valence-corrected chi connectivity index (χ0v) is 16.8. The summed E-state index contributed by atoms with van der Waals surface area (Å²) in [4.78, 5) is 27.7. The van der Waals surface area contributed by atoms with Gasteiger partial charge in [-0.2, -0.15) is 5.10 Å². The molecule has 0 bridgehead atoms. The number of nitrogens with zero attached hydrogens (tertiary/aromatic N) is 4. The molecule has 1 amide bonds. The van der Waals surface area contributed by atoms with Crippen molar-refractivity contribution in [3.05, 3.63) is 76.5 Å². The summed E-state index contributed by atoms with van der Waals surface area (Å²) in [6.45, 7) is 2.05. The monoisotopic (exact) mass is 420 g/mol. The molecule has 158 valence electrons. The molecule has 1 aliphatic heterocycles. The van der Waals surface area contributed by atoms with Gasteiger partial charge in [0.05, 0.1) is 26.0 Å². The molecule has 0 radical (unpaired) electrons. The number of carbonyl (C=O) groups excluding carboxylic acids is 1. The van der Waals surface area contributed by atoms with E-state index in [-0.39, 0.29) is 30.4 Å². The molecule has 1 saturated heterocycles. The Labute approximate surface area is 177 Å². The number of halogens is 1. The number of carbonyl (C=O) groups is 1. The highest BCUT2D eigenvalue weighted by atomic mass is 19.1. The number of ether oxygens (including phenoxy) is 1. The number of amides is 1. The minimum absolute atomic E-state index is 0.143. The van der Waals surface area contributed by atoms with Crippen LogP contribution < -0.4 is 5.56 Å². The van der Waals surface area contributed by atoms with E-state index in [0.29, 0.717) is 42.8 Å². The standard InChI is InChI=1S/C23H21FN4O3/c24-19-7-3-1-5-16(19)14-27-20-8-4-2-6-17(20)18-13-25-28(23(30)22(18)27)15-21(29)26-9-11-31-12-10-26/h1-8,13H,9-12,14-15H2. The van der Waals surface area contributed by atoms with Crippen LogP contribution >= 0.6 is 0 Å². The smallest absolute Gasteiger partial charge is 0.291 e. The Kier molecular flexibility index (Phi) is 4.99. The van der Waals surface area contributed by atoms with E-state index >= 15 is 0 Å². The van der Waals surface area contributed by atoms with Crippen LogP contribution in [0.25, 0.3) is 21.8 Å². The summed E-state index contributed by atoms with van der Waals surface area (Å²) in [6.07, 6.45) is 1.61. The summed E-state index contributed by atoms with van der Waals surface area (Å²) in [5.41, 5.74) is 1.34. The summed E-state index contributed by atoms with van der Waals surface area (Å²) in [5.74, 6) is -0.501. The molecule has 7 nitrogen and oxygen atoms in total. The van der Waals surface area contributed by atoms with Gasteiger partial charge in [-0.15, -0.1) is 0 Å². The van der Waals surface area contributed by atoms with Crippen molar-refractivity contribution in [2.75, 3.05) is 26.3 Å². The molecule has 1 fully saturated rings. The van der Waals surface area contributed by atoms with Crippen molar-refractivity contribution in [2.45, 2.75) is 13.1 Å². The Morgan fingerprint density at radius 1 is 1.03 bits per heavy atom. The van der Waals surface area contributed by atoms with Crippen molar-refractivity contribution in [3.8, 4) is 0 Å². The lowest BCUT2D eigenvalue weighted by Gasteiger charge is -2.26. The Balaban J connectivity index is 1.62. The van der Waals surface area contributed by atoms with Gasteiger partial charge in [0.15, 0.2) is 0 Å². The van der Waals surface area contributed by atoms with Crippen LogP contribution in [0.1, 0.15) is 5.56 Å². The van der Waals surface area contributed by atoms with E-state index in [0.717, 1.165) is 10.9 Å². The highest BCUT2D eigenvalue weighted by molar-refractivity contribution is 6.07. The van der Waals surface area contributed by atoms with Crippen molar-refractivity contribution in [1.82, 2.24) is 19.2 Å². The first-order valence-electron chi connectivity index (χ1n) is 10.2. The first-order valence-corrected chi connectivity index (χ1v) is 10.2. The molecular weight excluding hydrogens is 399 g/mol. The molecule has 0 saturated carbocycles. The van der Waals surface area contributed by atoms with Crippen LogP contribution in [-0.4, -0.2) is 51.5 Å². The highest BCUT2D eigenvalue weighted by Crippen LogP contribution is 2.27. The molecule has 0 N–H and O–H groups in total. The fraction of sp³-hybridized carbons (Fsp3) is 0.261. The van der Waals surface area contributed by atoms with E-state index in [1.807, 2.05) is 28.8 Å². The highest BCUT2D eigenvalue weighted by Gasteiger charge is 2.21. The molecule has 5 rings (SSSR count). The van der Waals surface area contributed by atoms with Gasteiger partial charge in [-0.1, -0.05) is 36.4 Å². The van der Waals surface area contributed by atoms with E-state index in [4.69, 9.17) is 4.74 Å². The third-order valence-corrected chi connectivity index (χ3v) is 5.71. The predicted molar refractivity (Wildman–Crippen MR) is 114 cm³/mol. The maximum absolute atomic E-state index is 14.4. The van der Waals surface area contributed by atoms with Gasteiger partial charge in [0.2, 0.25) is 5.91 Å². The molecule has 0 unspecified atom stereocenters. The van der Waals surface area contributed by atoms with E-state index < -0.39 is 0 Å². The molecule has 0 aliphatic carbocycles. The second kappa shape index (κ2) is 7.96. The molecule has 4 aromatic rings. The van der Waals surface area contributed by atoms with Crippen LogP contribution in [0.3, 0.4) is 0 Å².